The van der Waals surface area contributed by atoms with E-state index in [1.165, 1.54) is 0 Å². The first-order valence-electron chi connectivity index (χ1n) is 7.80. The largest absolute Gasteiger partial charge is 0.506 e. The zero-order valence-corrected chi connectivity index (χ0v) is 13.8. The number of phenolic OH excluding ortho intramolecular Hbond substituents is 1. The van der Waals surface area contributed by atoms with Crippen LogP contribution in [0.15, 0.2) is 34.9 Å². The predicted molar refractivity (Wildman–Crippen MR) is 88.2 cm³/mol. The second-order valence-electron chi connectivity index (χ2n) is 5.49. The summed E-state index contributed by atoms with van der Waals surface area (Å²) in [5.74, 6) is 1.28. The van der Waals surface area contributed by atoms with Gasteiger partial charge in [-0.3, -0.25) is 4.90 Å². The van der Waals surface area contributed by atoms with Gasteiger partial charge in [0.25, 0.3) is 0 Å². The molecule has 0 bridgehead atoms. The van der Waals surface area contributed by atoms with Crippen LogP contribution < -0.4 is 0 Å². The first-order valence-corrected chi connectivity index (χ1v) is 7.80. The molecule has 126 valence electrons. The summed E-state index contributed by atoms with van der Waals surface area (Å²) >= 11 is 0. The van der Waals surface area contributed by atoms with Crippen molar-refractivity contribution in [3.8, 4) is 5.75 Å². The minimum absolute atomic E-state index is 0.193. The maximum absolute atomic E-state index is 9.95. The van der Waals surface area contributed by atoms with Crippen LogP contribution in [0.4, 0.5) is 0 Å². The maximum atomic E-state index is 9.95. The summed E-state index contributed by atoms with van der Waals surface area (Å²) in [6.45, 7) is 4.37. The number of para-hydroxylation sites is 1. The van der Waals surface area contributed by atoms with Crippen molar-refractivity contribution in [2.45, 2.75) is 26.6 Å². The molecule has 0 spiro atoms. The van der Waals surface area contributed by atoms with Crippen LogP contribution in [0.1, 0.15) is 24.3 Å². The molecule has 0 aliphatic rings. The SMILES string of the molecule is CCN(Cc1ccc2cccc(O)c2n1)Cc1nc(COC)no1. The van der Waals surface area contributed by atoms with Crippen molar-refractivity contribution in [3.63, 3.8) is 0 Å². The average Bonchev–Trinajstić information content (AvgIpc) is 3.02. The number of aromatic nitrogens is 3. The Morgan fingerprint density at radius 1 is 1.17 bits per heavy atom. The van der Waals surface area contributed by atoms with E-state index < -0.39 is 0 Å². The molecule has 0 saturated carbocycles. The van der Waals surface area contributed by atoms with Gasteiger partial charge in [-0.15, -0.1) is 0 Å². The van der Waals surface area contributed by atoms with Crippen molar-refractivity contribution in [1.29, 1.82) is 0 Å². The topological polar surface area (TPSA) is 84.5 Å². The third-order valence-corrected chi connectivity index (χ3v) is 3.73. The van der Waals surface area contributed by atoms with Gasteiger partial charge in [-0.05, 0) is 18.7 Å². The summed E-state index contributed by atoms with van der Waals surface area (Å²) in [5, 5.41) is 14.7. The van der Waals surface area contributed by atoms with Crippen molar-refractivity contribution in [2.75, 3.05) is 13.7 Å². The van der Waals surface area contributed by atoms with E-state index in [0.717, 1.165) is 17.6 Å². The quantitative estimate of drug-likeness (QED) is 0.713. The molecule has 0 unspecified atom stereocenters. The molecule has 3 rings (SSSR count). The molecule has 0 saturated heterocycles. The molecule has 7 heteroatoms. The average molecular weight is 328 g/mol. The fourth-order valence-corrected chi connectivity index (χ4v) is 2.50. The van der Waals surface area contributed by atoms with Crippen molar-refractivity contribution in [3.05, 3.63) is 47.7 Å². The zero-order valence-electron chi connectivity index (χ0n) is 13.8. The molecule has 0 aliphatic carbocycles. The van der Waals surface area contributed by atoms with E-state index in [1.807, 2.05) is 24.3 Å². The summed E-state index contributed by atoms with van der Waals surface area (Å²) < 4.78 is 10.2. The molecule has 1 N–H and O–H groups in total. The third kappa shape index (κ3) is 3.69. The highest BCUT2D eigenvalue weighted by Crippen LogP contribution is 2.22. The van der Waals surface area contributed by atoms with E-state index >= 15 is 0 Å². The van der Waals surface area contributed by atoms with Crippen LogP contribution in [-0.2, 0) is 24.4 Å². The molecule has 7 nitrogen and oxygen atoms in total. The minimum atomic E-state index is 0.193. The summed E-state index contributed by atoms with van der Waals surface area (Å²) in [7, 11) is 1.59. The second-order valence-corrected chi connectivity index (χ2v) is 5.49. The summed E-state index contributed by atoms with van der Waals surface area (Å²) in [5.41, 5.74) is 1.49. The Morgan fingerprint density at radius 2 is 2.04 bits per heavy atom. The van der Waals surface area contributed by atoms with Gasteiger partial charge in [0, 0.05) is 19.0 Å². The van der Waals surface area contributed by atoms with Crippen LogP contribution in [0.3, 0.4) is 0 Å². The third-order valence-electron chi connectivity index (χ3n) is 3.73. The highest BCUT2D eigenvalue weighted by atomic mass is 16.5. The number of fused-ring (bicyclic) bond motifs is 1. The Bertz CT molecular complexity index is 818. The highest BCUT2D eigenvalue weighted by molar-refractivity contribution is 5.84. The van der Waals surface area contributed by atoms with Gasteiger partial charge < -0.3 is 14.4 Å². The lowest BCUT2D eigenvalue weighted by atomic mass is 10.2. The predicted octanol–water partition coefficient (Wildman–Crippen LogP) is 2.49. The molecule has 2 heterocycles. The van der Waals surface area contributed by atoms with Crippen molar-refractivity contribution in [2.24, 2.45) is 0 Å². The maximum Gasteiger partial charge on any atom is 0.240 e. The normalized spacial score (nSPS) is 11.5. The molecule has 1 aromatic carbocycles. The molecule has 0 aliphatic heterocycles. The molecular formula is C17H20N4O3. The molecule has 24 heavy (non-hydrogen) atoms. The first-order chi connectivity index (χ1) is 11.7. The minimum Gasteiger partial charge on any atom is -0.506 e. The van der Waals surface area contributed by atoms with Gasteiger partial charge in [-0.2, -0.15) is 4.98 Å². The highest BCUT2D eigenvalue weighted by Gasteiger charge is 2.12. The lowest BCUT2D eigenvalue weighted by molar-refractivity contribution is 0.174. The van der Waals surface area contributed by atoms with Crippen LogP contribution in [0.25, 0.3) is 10.9 Å². The summed E-state index contributed by atoms with van der Waals surface area (Å²) in [6, 6.07) is 9.32. The number of rotatable bonds is 7. The Labute approximate surface area is 139 Å². The van der Waals surface area contributed by atoms with Gasteiger partial charge in [-0.1, -0.05) is 30.3 Å². The van der Waals surface area contributed by atoms with E-state index in [9.17, 15) is 5.11 Å². The van der Waals surface area contributed by atoms with Crippen LogP contribution in [0, 0.1) is 0 Å². The fourth-order valence-electron chi connectivity index (χ4n) is 2.50. The Balaban J connectivity index is 1.73. The molecule has 0 radical (unpaired) electrons. The van der Waals surface area contributed by atoms with Gasteiger partial charge in [0.15, 0.2) is 5.82 Å². The van der Waals surface area contributed by atoms with Crippen LogP contribution in [0.5, 0.6) is 5.75 Å². The number of phenols is 1. The van der Waals surface area contributed by atoms with Gasteiger partial charge in [0.05, 0.1) is 12.2 Å². The Hall–Kier alpha value is -2.51. The summed E-state index contributed by atoms with van der Waals surface area (Å²) in [6.07, 6.45) is 0. The standard InChI is InChI=1S/C17H20N4O3/c1-3-21(10-16-19-15(11-23-2)20-24-16)9-13-8-7-12-5-4-6-14(22)17(12)18-13/h4-8,22H,3,9-11H2,1-2H3. The first kappa shape index (κ1) is 16.4. The van der Waals surface area contributed by atoms with E-state index in [1.54, 1.807) is 13.2 Å². The smallest absolute Gasteiger partial charge is 0.240 e. The number of hydrogen-bond acceptors (Lipinski definition) is 7. The second kappa shape index (κ2) is 7.37. The van der Waals surface area contributed by atoms with Crippen molar-refractivity contribution >= 4 is 10.9 Å². The van der Waals surface area contributed by atoms with E-state index in [2.05, 4.69) is 26.9 Å². The number of ether oxygens (including phenoxy) is 1. The lowest BCUT2D eigenvalue weighted by Crippen LogP contribution is -2.23. The Morgan fingerprint density at radius 3 is 2.83 bits per heavy atom. The van der Waals surface area contributed by atoms with Gasteiger partial charge in [0.1, 0.15) is 17.9 Å². The number of aromatic hydroxyl groups is 1. The van der Waals surface area contributed by atoms with Gasteiger partial charge in [0.2, 0.25) is 5.89 Å². The molecule has 3 aromatic rings. The van der Waals surface area contributed by atoms with E-state index in [4.69, 9.17) is 9.26 Å². The van der Waals surface area contributed by atoms with Gasteiger partial charge >= 0.3 is 0 Å². The molecule has 0 atom stereocenters. The number of hydrogen-bond donors (Lipinski definition) is 1. The molecule has 0 fully saturated rings. The van der Waals surface area contributed by atoms with Crippen LogP contribution >= 0.6 is 0 Å². The molecular weight excluding hydrogens is 308 g/mol. The number of nitrogens with zero attached hydrogens (tertiary/aromatic N) is 4. The summed E-state index contributed by atoms with van der Waals surface area (Å²) in [4.78, 5) is 11.0. The number of pyridine rings is 1. The number of methoxy groups -OCH3 is 1. The Kier molecular flexibility index (Phi) is 5.02. The monoisotopic (exact) mass is 328 g/mol. The molecule has 0 amide bonds. The van der Waals surface area contributed by atoms with E-state index in [0.29, 0.717) is 36.9 Å². The lowest BCUT2D eigenvalue weighted by Gasteiger charge is -2.17. The van der Waals surface area contributed by atoms with Gasteiger partial charge in [-0.25, -0.2) is 4.98 Å². The molecule has 2 aromatic heterocycles. The van der Waals surface area contributed by atoms with Crippen LogP contribution in [-0.4, -0.2) is 38.8 Å². The van der Waals surface area contributed by atoms with Crippen molar-refractivity contribution in [1.82, 2.24) is 20.0 Å². The number of benzene rings is 1. The van der Waals surface area contributed by atoms with E-state index in [-0.39, 0.29) is 5.75 Å². The zero-order chi connectivity index (χ0) is 16.9. The van der Waals surface area contributed by atoms with Crippen molar-refractivity contribution < 1.29 is 14.4 Å². The van der Waals surface area contributed by atoms with Crippen LogP contribution in [0.2, 0.25) is 0 Å². The fraction of sp³-hybridized carbons (Fsp3) is 0.353.